The number of hydrogen-bond acceptors (Lipinski definition) is 4. The molecule has 1 amide bonds. The van der Waals surface area contributed by atoms with Gasteiger partial charge in [0.2, 0.25) is 5.91 Å². The van der Waals surface area contributed by atoms with Gasteiger partial charge in [0, 0.05) is 11.7 Å². The second-order valence-electron chi connectivity index (χ2n) is 3.31. The van der Waals surface area contributed by atoms with E-state index in [1.807, 2.05) is 0 Å². The van der Waals surface area contributed by atoms with E-state index in [9.17, 15) is 9.59 Å². The molecule has 1 aliphatic rings. The number of hydrogen-bond donors (Lipinski definition) is 1. The average Bonchev–Trinajstić information content (AvgIpc) is 2.69. The van der Waals surface area contributed by atoms with Crippen LogP contribution in [0.3, 0.4) is 0 Å². The van der Waals surface area contributed by atoms with Crippen LogP contribution < -0.4 is 5.32 Å². The fourth-order valence-electron chi connectivity index (χ4n) is 1.31. The smallest absolute Gasteiger partial charge is 0.328 e. The first kappa shape index (κ1) is 11.4. The zero-order valence-electron chi connectivity index (χ0n) is 8.41. The van der Waals surface area contributed by atoms with Gasteiger partial charge in [-0.3, -0.25) is 4.79 Å². The molecule has 1 heterocycles. The van der Waals surface area contributed by atoms with E-state index in [-0.39, 0.29) is 11.8 Å². The van der Waals surface area contributed by atoms with Crippen LogP contribution in [-0.2, 0) is 14.3 Å². The Hall–Kier alpha value is -0.710. The van der Waals surface area contributed by atoms with Gasteiger partial charge in [0.15, 0.2) is 0 Å². The molecule has 5 heteroatoms. The second kappa shape index (κ2) is 5.24. The van der Waals surface area contributed by atoms with Gasteiger partial charge in [-0.15, -0.1) is 0 Å². The van der Waals surface area contributed by atoms with Crippen LogP contribution in [0.2, 0.25) is 0 Å². The Morgan fingerprint density at radius 1 is 1.57 bits per heavy atom. The van der Waals surface area contributed by atoms with Crippen molar-refractivity contribution in [1.29, 1.82) is 0 Å². The molecule has 0 radical (unpaired) electrons. The molecule has 2 atom stereocenters. The third-order valence-corrected chi connectivity index (χ3v) is 3.38. The molecule has 1 rings (SSSR count). The third-order valence-electron chi connectivity index (χ3n) is 2.21. The highest BCUT2D eigenvalue weighted by Crippen LogP contribution is 2.23. The summed E-state index contributed by atoms with van der Waals surface area (Å²) in [5.41, 5.74) is 0. The summed E-state index contributed by atoms with van der Waals surface area (Å²) in [4.78, 5) is 22.6. The fourth-order valence-corrected chi connectivity index (χ4v) is 2.53. The number of carbonyl (C=O) groups is 2. The second-order valence-corrected chi connectivity index (χ2v) is 4.46. The Morgan fingerprint density at radius 2 is 2.29 bits per heavy atom. The number of methoxy groups -OCH3 is 1. The predicted molar refractivity (Wildman–Crippen MR) is 55.1 cm³/mol. The molecule has 0 aromatic rings. The molecule has 0 saturated carbocycles. The molecule has 0 spiro atoms. The van der Waals surface area contributed by atoms with Crippen molar-refractivity contribution >= 4 is 23.6 Å². The van der Waals surface area contributed by atoms with E-state index in [1.165, 1.54) is 7.11 Å². The first-order valence-electron chi connectivity index (χ1n) is 4.61. The number of rotatable bonds is 3. The molecule has 2 unspecified atom stereocenters. The highest BCUT2D eigenvalue weighted by Gasteiger charge is 2.25. The number of amides is 1. The molecule has 0 bridgehead atoms. The van der Waals surface area contributed by atoms with Crippen LogP contribution in [-0.4, -0.2) is 36.5 Å². The Kier molecular flexibility index (Phi) is 4.25. The molecular weight excluding hydrogens is 202 g/mol. The minimum Gasteiger partial charge on any atom is -0.467 e. The van der Waals surface area contributed by atoms with Gasteiger partial charge in [-0.1, -0.05) is 0 Å². The highest BCUT2D eigenvalue weighted by atomic mass is 32.2. The van der Waals surface area contributed by atoms with E-state index < -0.39 is 12.0 Å². The van der Waals surface area contributed by atoms with Gasteiger partial charge in [-0.25, -0.2) is 4.79 Å². The summed E-state index contributed by atoms with van der Waals surface area (Å²) in [6.45, 7) is 1.63. The SMILES string of the molecule is COC(=O)C(C)NC(=O)C1CCSC1. The van der Waals surface area contributed by atoms with Crippen LogP contribution in [0.25, 0.3) is 0 Å². The average molecular weight is 217 g/mol. The maximum atomic E-state index is 11.5. The molecule has 1 fully saturated rings. The van der Waals surface area contributed by atoms with Gasteiger partial charge >= 0.3 is 5.97 Å². The van der Waals surface area contributed by atoms with Gasteiger partial charge in [-0.05, 0) is 19.1 Å². The van der Waals surface area contributed by atoms with E-state index in [0.29, 0.717) is 0 Å². The maximum Gasteiger partial charge on any atom is 0.328 e. The normalized spacial score (nSPS) is 22.9. The third kappa shape index (κ3) is 2.90. The summed E-state index contributed by atoms with van der Waals surface area (Å²) < 4.78 is 4.52. The molecule has 1 saturated heterocycles. The highest BCUT2D eigenvalue weighted by molar-refractivity contribution is 7.99. The first-order valence-corrected chi connectivity index (χ1v) is 5.76. The van der Waals surface area contributed by atoms with Crippen molar-refractivity contribution in [2.75, 3.05) is 18.6 Å². The molecular formula is C9H15NO3S. The van der Waals surface area contributed by atoms with Crippen LogP contribution in [0.1, 0.15) is 13.3 Å². The van der Waals surface area contributed by atoms with Crippen LogP contribution >= 0.6 is 11.8 Å². The standard InChI is InChI=1S/C9H15NO3S/c1-6(9(12)13-2)10-8(11)7-3-4-14-5-7/h6-7H,3-5H2,1-2H3,(H,10,11). The van der Waals surface area contributed by atoms with Crippen LogP contribution in [0, 0.1) is 5.92 Å². The van der Waals surface area contributed by atoms with Gasteiger partial charge < -0.3 is 10.1 Å². The molecule has 1 aliphatic heterocycles. The van der Waals surface area contributed by atoms with Crippen LogP contribution in [0.4, 0.5) is 0 Å². The Balaban J connectivity index is 2.35. The molecule has 14 heavy (non-hydrogen) atoms. The minimum atomic E-state index is -0.543. The van der Waals surface area contributed by atoms with E-state index in [0.717, 1.165) is 17.9 Å². The summed E-state index contributed by atoms with van der Waals surface area (Å²) in [6, 6.07) is -0.543. The number of carbonyl (C=O) groups excluding carboxylic acids is 2. The van der Waals surface area contributed by atoms with Crippen LogP contribution in [0.5, 0.6) is 0 Å². The number of thioether (sulfide) groups is 1. The first-order chi connectivity index (χ1) is 6.65. The van der Waals surface area contributed by atoms with Crippen molar-refractivity contribution in [3.05, 3.63) is 0 Å². The van der Waals surface area contributed by atoms with Crippen molar-refractivity contribution in [3.63, 3.8) is 0 Å². The van der Waals surface area contributed by atoms with E-state index >= 15 is 0 Å². The van der Waals surface area contributed by atoms with Gasteiger partial charge in [-0.2, -0.15) is 11.8 Å². The van der Waals surface area contributed by atoms with E-state index in [4.69, 9.17) is 0 Å². The van der Waals surface area contributed by atoms with Crippen molar-refractivity contribution in [1.82, 2.24) is 5.32 Å². The zero-order chi connectivity index (χ0) is 10.6. The Morgan fingerprint density at radius 3 is 2.79 bits per heavy atom. The molecule has 0 aromatic heterocycles. The summed E-state index contributed by atoms with van der Waals surface area (Å²) in [5.74, 6) is 1.52. The molecule has 0 aromatic carbocycles. The van der Waals surface area contributed by atoms with Crippen molar-refractivity contribution in [3.8, 4) is 0 Å². The number of ether oxygens (including phenoxy) is 1. The molecule has 0 aliphatic carbocycles. The van der Waals surface area contributed by atoms with Crippen molar-refractivity contribution in [2.45, 2.75) is 19.4 Å². The molecule has 80 valence electrons. The summed E-state index contributed by atoms with van der Waals surface area (Å²) in [5, 5.41) is 2.65. The quantitative estimate of drug-likeness (QED) is 0.696. The Bertz CT molecular complexity index is 226. The van der Waals surface area contributed by atoms with Gasteiger partial charge in [0.1, 0.15) is 6.04 Å². The molecule has 4 nitrogen and oxygen atoms in total. The maximum absolute atomic E-state index is 11.5. The summed E-state index contributed by atoms with van der Waals surface area (Å²) in [6.07, 6.45) is 0.907. The van der Waals surface area contributed by atoms with Gasteiger partial charge in [0.25, 0.3) is 0 Å². The van der Waals surface area contributed by atoms with Crippen molar-refractivity contribution < 1.29 is 14.3 Å². The number of nitrogens with one attached hydrogen (secondary N) is 1. The summed E-state index contributed by atoms with van der Waals surface area (Å²) in [7, 11) is 1.32. The largest absolute Gasteiger partial charge is 0.467 e. The van der Waals surface area contributed by atoms with Crippen LogP contribution in [0.15, 0.2) is 0 Å². The predicted octanol–water partition coefficient (Wildman–Crippen LogP) is 0.417. The number of esters is 1. The Labute approximate surface area is 87.8 Å². The van der Waals surface area contributed by atoms with Crippen molar-refractivity contribution in [2.24, 2.45) is 5.92 Å². The monoisotopic (exact) mass is 217 g/mol. The lowest BCUT2D eigenvalue weighted by Gasteiger charge is -2.14. The van der Waals surface area contributed by atoms with E-state index in [1.54, 1.807) is 18.7 Å². The fraction of sp³-hybridized carbons (Fsp3) is 0.778. The lowest BCUT2D eigenvalue weighted by Crippen LogP contribution is -2.42. The minimum absolute atomic E-state index is 0.0344. The lowest BCUT2D eigenvalue weighted by atomic mass is 10.1. The zero-order valence-corrected chi connectivity index (χ0v) is 9.23. The van der Waals surface area contributed by atoms with Gasteiger partial charge in [0.05, 0.1) is 7.11 Å². The molecule has 1 N–H and O–H groups in total. The topological polar surface area (TPSA) is 55.4 Å². The lowest BCUT2D eigenvalue weighted by molar-refractivity contribution is -0.144. The summed E-state index contributed by atoms with van der Waals surface area (Å²) >= 11 is 1.77. The van der Waals surface area contributed by atoms with E-state index in [2.05, 4.69) is 10.1 Å².